The zero-order valence-electron chi connectivity index (χ0n) is 11.6. The van der Waals surface area contributed by atoms with Gasteiger partial charge in [0.05, 0.1) is 0 Å². The Kier molecular flexibility index (Phi) is 4.84. The van der Waals surface area contributed by atoms with Crippen molar-refractivity contribution in [1.29, 1.82) is 0 Å². The van der Waals surface area contributed by atoms with Gasteiger partial charge in [-0.3, -0.25) is 0 Å². The SMILES string of the molecule is Br.Cc1cc2c(cc1O)C(c1ccccc1)CNCC2. The molecule has 2 aromatic carbocycles. The van der Waals surface area contributed by atoms with Gasteiger partial charge in [0.1, 0.15) is 5.75 Å². The average Bonchev–Trinajstić information content (AvgIpc) is 2.63. The van der Waals surface area contributed by atoms with E-state index in [0.717, 1.165) is 25.1 Å². The van der Waals surface area contributed by atoms with Gasteiger partial charge in [-0.1, -0.05) is 36.4 Å². The highest BCUT2D eigenvalue weighted by molar-refractivity contribution is 8.93. The predicted octanol–water partition coefficient (Wildman–Crippen LogP) is 3.56. The summed E-state index contributed by atoms with van der Waals surface area (Å²) >= 11 is 0. The van der Waals surface area contributed by atoms with Gasteiger partial charge >= 0.3 is 0 Å². The number of phenols is 1. The van der Waals surface area contributed by atoms with Crippen LogP contribution in [-0.4, -0.2) is 18.2 Å². The maximum Gasteiger partial charge on any atom is 0.118 e. The van der Waals surface area contributed by atoms with Gasteiger partial charge in [0, 0.05) is 12.5 Å². The third-order valence-electron chi connectivity index (χ3n) is 3.95. The smallest absolute Gasteiger partial charge is 0.118 e. The molecule has 0 saturated heterocycles. The summed E-state index contributed by atoms with van der Waals surface area (Å²) in [6.07, 6.45) is 1.03. The van der Waals surface area contributed by atoms with Gasteiger partial charge in [-0.15, -0.1) is 17.0 Å². The molecule has 0 fully saturated rings. The number of phenolic OH excluding ortho intramolecular Hbond substituents is 1. The van der Waals surface area contributed by atoms with Crippen LogP contribution in [0.5, 0.6) is 5.75 Å². The first kappa shape index (κ1) is 15.1. The van der Waals surface area contributed by atoms with Crippen molar-refractivity contribution in [3.05, 3.63) is 64.7 Å². The molecule has 20 heavy (non-hydrogen) atoms. The van der Waals surface area contributed by atoms with E-state index in [1.165, 1.54) is 16.7 Å². The summed E-state index contributed by atoms with van der Waals surface area (Å²) in [6.45, 7) is 3.89. The lowest BCUT2D eigenvalue weighted by atomic mass is 9.87. The molecule has 3 rings (SSSR count). The maximum atomic E-state index is 10.0. The van der Waals surface area contributed by atoms with E-state index < -0.39 is 0 Å². The second kappa shape index (κ2) is 6.42. The molecule has 106 valence electrons. The van der Waals surface area contributed by atoms with Crippen LogP contribution in [0.3, 0.4) is 0 Å². The molecule has 1 aliphatic heterocycles. The molecule has 1 atom stereocenters. The normalized spacial score (nSPS) is 17.8. The van der Waals surface area contributed by atoms with Gasteiger partial charge in [0.2, 0.25) is 0 Å². The molecule has 2 nitrogen and oxygen atoms in total. The summed E-state index contributed by atoms with van der Waals surface area (Å²) < 4.78 is 0. The second-order valence-corrected chi connectivity index (χ2v) is 5.25. The molecule has 0 radical (unpaired) electrons. The number of fused-ring (bicyclic) bond motifs is 1. The fourth-order valence-corrected chi connectivity index (χ4v) is 2.88. The van der Waals surface area contributed by atoms with Crippen molar-refractivity contribution in [2.24, 2.45) is 0 Å². The first-order valence-electron chi connectivity index (χ1n) is 6.84. The van der Waals surface area contributed by atoms with Crippen molar-refractivity contribution in [3.8, 4) is 5.75 Å². The number of aromatic hydroxyl groups is 1. The monoisotopic (exact) mass is 333 g/mol. The summed E-state index contributed by atoms with van der Waals surface area (Å²) in [6, 6.07) is 14.6. The average molecular weight is 334 g/mol. The molecule has 2 aromatic rings. The summed E-state index contributed by atoms with van der Waals surface area (Å²) in [4.78, 5) is 0. The first-order chi connectivity index (χ1) is 9.25. The molecule has 0 amide bonds. The standard InChI is InChI=1S/C17H19NO.BrH/c1-12-9-14-7-8-18-11-16(15(14)10-17(12)19)13-5-3-2-4-6-13;/h2-6,9-10,16,18-19H,7-8,11H2,1H3;1H. The Morgan fingerprint density at radius 3 is 2.65 bits per heavy atom. The van der Waals surface area contributed by atoms with E-state index in [0.29, 0.717) is 11.7 Å². The van der Waals surface area contributed by atoms with Crippen LogP contribution in [0.25, 0.3) is 0 Å². The van der Waals surface area contributed by atoms with E-state index in [1.807, 2.05) is 19.1 Å². The van der Waals surface area contributed by atoms with E-state index in [2.05, 4.69) is 35.6 Å². The van der Waals surface area contributed by atoms with Crippen LogP contribution >= 0.6 is 17.0 Å². The van der Waals surface area contributed by atoms with Gasteiger partial charge in [0.25, 0.3) is 0 Å². The van der Waals surface area contributed by atoms with Gasteiger partial charge in [-0.2, -0.15) is 0 Å². The molecule has 0 saturated carbocycles. The van der Waals surface area contributed by atoms with Gasteiger partial charge in [0.15, 0.2) is 0 Å². The molecule has 2 N–H and O–H groups in total. The van der Waals surface area contributed by atoms with Crippen LogP contribution in [0.15, 0.2) is 42.5 Å². The topological polar surface area (TPSA) is 32.3 Å². The van der Waals surface area contributed by atoms with E-state index in [1.54, 1.807) is 0 Å². The van der Waals surface area contributed by atoms with Crippen molar-refractivity contribution >= 4 is 17.0 Å². The zero-order valence-corrected chi connectivity index (χ0v) is 13.3. The Labute approximate surface area is 130 Å². The minimum Gasteiger partial charge on any atom is -0.508 e. The van der Waals surface area contributed by atoms with E-state index >= 15 is 0 Å². The lowest BCUT2D eigenvalue weighted by molar-refractivity contribution is 0.469. The summed E-state index contributed by atoms with van der Waals surface area (Å²) in [7, 11) is 0. The molecule has 0 aromatic heterocycles. The Morgan fingerprint density at radius 2 is 1.90 bits per heavy atom. The van der Waals surface area contributed by atoms with E-state index in [9.17, 15) is 5.11 Å². The number of rotatable bonds is 1. The number of hydrogen-bond acceptors (Lipinski definition) is 2. The van der Waals surface area contributed by atoms with Gasteiger partial charge < -0.3 is 10.4 Å². The quantitative estimate of drug-likeness (QED) is 0.836. The molecular weight excluding hydrogens is 314 g/mol. The Hall–Kier alpha value is -1.32. The molecule has 0 aliphatic carbocycles. The molecule has 0 spiro atoms. The lowest BCUT2D eigenvalue weighted by Crippen LogP contribution is -2.20. The summed E-state index contributed by atoms with van der Waals surface area (Å²) in [5.74, 6) is 0.729. The second-order valence-electron chi connectivity index (χ2n) is 5.25. The fraction of sp³-hybridized carbons (Fsp3) is 0.294. The van der Waals surface area contributed by atoms with Crippen LogP contribution in [0, 0.1) is 6.92 Å². The summed E-state index contributed by atoms with van der Waals surface area (Å²) in [5, 5.41) is 13.5. The van der Waals surface area contributed by atoms with Crippen LogP contribution in [0.1, 0.15) is 28.2 Å². The maximum absolute atomic E-state index is 10.0. The Morgan fingerprint density at radius 1 is 1.15 bits per heavy atom. The molecule has 1 aliphatic rings. The predicted molar refractivity (Wildman–Crippen MR) is 88.0 cm³/mol. The van der Waals surface area contributed by atoms with E-state index in [4.69, 9.17) is 0 Å². The minimum atomic E-state index is 0. The first-order valence-corrected chi connectivity index (χ1v) is 6.84. The molecule has 1 unspecified atom stereocenters. The number of nitrogens with one attached hydrogen (secondary N) is 1. The molecular formula is C17H20BrNO. The molecule has 1 heterocycles. The van der Waals surface area contributed by atoms with Gasteiger partial charge in [-0.05, 0) is 48.2 Å². The van der Waals surface area contributed by atoms with Crippen LogP contribution < -0.4 is 5.32 Å². The van der Waals surface area contributed by atoms with Crippen molar-refractivity contribution in [2.45, 2.75) is 19.3 Å². The van der Waals surface area contributed by atoms with Gasteiger partial charge in [-0.25, -0.2) is 0 Å². The van der Waals surface area contributed by atoms with Crippen LogP contribution in [0.2, 0.25) is 0 Å². The van der Waals surface area contributed by atoms with E-state index in [-0.39, 0.29) is 17.0 Å². The number of hydrogen-bond donors (Lipinski definition) is 2. The highest BCUT2D eigenvalue weighted by Gasteiger charge is 2.21. The number of halogens is 1. The third kappa shape index (κ3) is 2.89. The van der Waals surface area contributed by atoms with Crippen molar-refractivity contribution in [1.82, 2.24) is 5.32 Å². The highest BCUT2D eigenvalue weighted by Crippen LogP contribution is 2.33. The highest BCUT2D eigenvalue weighted by atomic mass is 79.9. The lowest BCUT2D eigenvalue weighted by Gasteiger charge is -2.19. The van der Waals surface area contributed by atoms with Crippen LogP contribution in [0.4, 0.5) is 0 Å². The Bertz CT molecular complexity index is 583. The van der Waals surface area contributed by atoms with Crippen molar-refractivity contribution in [2.75, 3.05) is 13.1 Å². The zero-order chi connectivity index (χ0) is 13.2. The largest absolute Gasteiger partial charge is 0.508 e. The third-order valence-corrected chi connectivity index (χ3v) is 3.95. The number of aryl methyl sites for hydroxylation is 1. The molecule has 3 heteroatoms. The summed E-state index contributed by atoms with van der Waals surface area (Å²) in [5.41, 5.74) is 4.89. The van der Waals surface area contributed by atoms with Crippen molar-refractivity contribution in [3.63, 3.8) is 0 Å². The molecule has 0 bridgehead atoms. The number of benzene rings is 2. The van der Waals surface area contributed by atoms with Crippen molar-refractivity contribution < 1.29 is 5.11 Å². The minimum absolute atomic E-state index is 0. The fourth-order valence-electron chi connectivity index (χ4n) is 2.88. The Balaban J connectivity index is 0.00000147. The van der Waals surface area contributed by atoms with Crippen LogP contribution in [-0.2, 0) is 6.42 Å².